The Hall–Kier alpha value is -3.73. The summed E-state index contributed by atoms with van der Waals surface area (Å²) in [6.45, 7) is 7.58. The van der Waals surface area contributed by atoms with Crippen LogP contribution in [0.15, 0.2) is 109 Å². The zero-order chi connectivity index (χ0) is 48.1. The molecule has 56 heavy (non-hydrogen) atoms. The third-order valence-corrected chi connectivity index (χ3v) is 19.0. The van der Waals surface area contributed by atoms with Crippen LogP contribution < -0.4 is 17.9 Å². The molecule has 0 fully saturated rings. The molecule has 4 heteroatoms. The van der Waals surface area contributed by atoms with E-state index in [0.29, 0.717) is 16.7 Å². The van der Waals surface area contributed by atoms with Crippen LogP contribution in [0, 0.1) is 39.9 Å². The van der Waals surface area contributed by atoms with Crippen LogP contribution in [0.25, 0.3) is 44.8 Å². The first-order valence-electron chi connectivity index (χ1n) is 23.7. The van der Waals surface area contributed by atoms with Gasteiger partial charge in [0.15, 0.2) is 0 Å². The van der Waals surface area contributed by atoms with E-state index in [4.69, 9.17) is 11.0 Å². The first-order chi connectivity index (χ1) is 29.2. The van der Waals surface area contributed by atoms with E-state index in [2.05, 4.69) is 82.2 Å². The molecule has 0 N–H and O–H groups in total. The number of aromatic nitrogens is 2. The summed E-state index contributed by atoms with van der Waals surface area (Å²) in [4.78, 5) is 0. The summed E-state index contributed by atoms with van der Waals surface area (Å²) >= 11 is -4.40. The SMILES string of the molecule is [2H]C([2H])([2H])c1cc(C)c(-c2cc(C([2H])([2H])C(C)(C)C)[c]([Ge]([CH3])([CH3])[CH3])c[n+]2C)cc1-c1ccccc1.[2H]C([2H])([2H])c1cc(C)c(-c2cc(C)[c]([Ge]([CH3])([CH3])[CH3])c[n+]2C)cc1-c1ccccc1. The molecular weight excluding hydrogens is 798 g/mol. The first-order valence-corrected chi connectivity index (χ1v) is 34.4. The van der Waals surface area contributed by atoms with Crippen molar-refractivity contribution in [3.63, 3.8) is 0 Å². The van der Waals surface area contributed by atoms with Crippen molar-refractivity contribution in [3.8, 4) is 44.8 Å². The molecule has 2 nitrogen and oxygen atoms in total. The standard InChI is InChI=1S/C28H38GeN.C24H30GeN/c1-20-15-21(2)25(17-24(20)22-13-11-10-12-14-22)27-16-23(18-28(3,4)5)26(19-30(27)9)29(6,7)8;1-17-13-18(2)22(15-21(17)20-11-9-8-10-12-20)24-14-19(3)23(16-26(24)7)25(4,5)6/h10-17,19H,18H2,1-9H3;8-16H,1-7H3/q2*+1/i1D3,18D2;1D3. The van der Waals surface area contributed by atoms with Crippen molar-refractivity contribution < 1.29 is 20.1 Å². The Morgan fingerprint density at radius 1 is 0.518 bits per heavy atom. The van der Waals surface area contributed by atoms with Gasteiger partial charge in [0.2, 0.25) is 0 Å². The third kappa shape index (κ3) is 10.2. The summed E-state index contributed by atoms with van der Waals surface area (Å²) < 4.78 is 73.7. The number of rotatable bonds is 7. The molecule has 4 aromatic carbocycles. The van der Waals surface area contributed by atoms with Gasteiger partial charge < -0.3 is 0 Å². The molecule has 0 saturated carbocycles. The van der Waals surface area contributed by atoms with Crippen LogP contribution in [0.5, 0.6) is 0 Å². The molecule has 2 heterocycles. The van der Waals surface area contributed by atoms with Crippen LogP contribution in [0.2, 0.25) is 34.5 Å². The van der Waals surface area contributed by atoms with E-state index in [1.54, 1.807) is 6.07 Å². The molecule has 2 aromatic heterocycles. The summed E-state index contributed by atoms with van der Waals surface area (Å²) in [5, 5.41) is 0. The topological polar surface area (TPSA) is 7.76 Å². The first kappa shape index (κ1) is 33.3. The van der Waals surface area contributed by atoms with Crippen LogP contribution in [-0.2, 0) is 20.5 Å². The third-order valence-electron chi connectivity index (χ3n) is 10.3. The molecule has 6 rings (SSSR count). The predicted molar refractivity (Wildman–Crippen MR) is 250 cm³/mol. The van der Waals surface area contributed by atoms with Gasteiger partial charge in [-0.15, -0.1) is 0 Å². The van der Waals surface area contributed by atoms with Crippen LogP contribution in [-0.4, -0.2) is 26.5 Å². The molecule has 0 bridgehead atoms. The second-order valence-electron chi connectivity index (χ2n) is 18.5. The second kappa shape index (κ2) is 17.0. The van der Waals surface area contributed by atoms with Crippen molar-refractivity contribution in [2.24, 2.45) is 19.5 Å². The fourth-order valence-electron chi connectivity index (χ4n) is 7.51. The fourth-order valence-corrected chi connectivity index (χ4v) is 14.6. The van der Waals surface area contributed by atoms with Crippen LogP contribution in [0.4, 0.5) is 0 Å². The van der Waals surface area contributed by atoms with E-state index in [1.807, 2.05) is 121 Å². The van der Waals surface area contributed by atoms with Gasteiger partial charge in [-0.3, -0.25) is 0 Å². The van der Waals surface area contributed by atoms with E-state index in [9.17, 15) is 0 Å². The molecule has 0 aliphatic rings. The van der Waals surface area contributed by atoms with Crippen LogP contribution in [0.3, 0.4) is 0 Å². The Labute approximate surface area is 357 Å². The fraction of sp³-hybridized carbons (Fsp3) is 0.346. The normalized spacial score (nSPS) is 14.8. The Kier molecular flexibility index (Phi) is 10.1. The molecule has 292 valence electrons. The number of hydrogen-bond donors (Lipinski definition) is 0. The van der Waals surface area contributed by atoms with Crippen molar-refractivity contribution in [2.75, 3.05) is 0 Å². The van der Waals surface area contributed by atoms with Crippen LogP contribution in [0.1, 0.15) is 65.1 Å². The van der Waals surface area contributed by atoms with E-state index >= 15 is 0 Å². The van der Waals surface area contributed by atoms with E-state index < -0.39 is 52.0 Å². The monoisotopic (exact) mass is 876 g/mol. The van der Waals surface area contributed by atoms with Gasteiger partial charge in [-0.25, -0.2) is 0 Å². The van der Waals surface area contributed by atoms with Gasteiger partial charge in [0, 0.05) is 0 Å². The average molecular weight is 874 g/mol. The molecule has 0 aliphatic carbocycles. The molecule has 0 amide bonds. The molecule has 0 saturated heterocycles. The maximum absolute atomic E-state index is 9.13. The minimum absolute atomic E-state index is 0.333. The second-order valence-corrected chi connectivity index (χ2v) is 39.6. The summed E-state index contributed by atoms with van der Waals surface area (Å²) in [6.07, 6.45) is 2.87. The predicted octanol–water partition coefficient (Wildman–Crippen LogP) is 11.9. The van der Waals surface area contributed by atoms with Crippen molar-refractivity contribution >= 4 is 35.3 Å². The molecule has 0 spiro atoms. The van der Waals surface area contributed by atoms with Gasteiger partial charge in [0.1, 0.15) is 0 Å². The number of pyridine rings is 2. The Balaban J connectivity index is 0.000000245. The molecule has 0 atom stereocenters. The van der Waals surface area contributed by atoms with Gasteiger partial charge >= 0.3 is 359 Å². The molecule has 6 aromatic rings. The quantitative estimate of drug-likeness (QED) is 0.112. The van der Waals surface area contributed by atoms with Crippen molar-refractivity contribution in [3.05, 3.63) is 143 Å². The van der Waals surface area contributed by atoms with Crippen molar-refractivity contribution in [2.45, 2.75) is 96.2 Å². The summed E-state index contributed by atoms with van der Waals surface area (Å²) in [7, 11) is 4.09. The van der Waals surface area contributed by atoms with E-state index in [0.717, 1.165) is 60.3 Å². The minimum atomic E-state index is -2.43. The number of benzene rings is 4. The van der Waals surface area contributed by atoms with Gasteiger partial charge in [0.25, 0.3) is 0 Å². The Morgan fingerprint density at radius 2 is 0.929 bits per heavy atom. The molecule has 0 radical (unpaired) electrons. The molecular formula is C52H68Ge2N2+2. The Morgan fingerprint density at radius 3 is 1.32 bits per heavy atom. The molecule has 0 unspecified atom stereocenters. The molecule has 0 aliphatic heterocycles. The maximum atomic E-state index is 9.13. The van der Waals surface area contributed by atoms with Gasteiger partial charge in [-0.05, 0) is 0 Å². The van der Waals surface area contributed by atoms with E-state index in [-0.39, 0.29) is 0 Å². The van der Waals surface area contributed by atoms with Gasteiger partial charge in [-0.2, -0.15) is 0 Å². The number of nitrogens with zero attached hydrogens (tertiary/aromatic N) is 2. The summed E-state index contributed by atoms with van der Waals surface area (Å²) in [5.74, 6) is 14.1. The summed E-state index contributed by atoms with van der Waals surface area (Å²) in [6, 6.07) is 31.4. The van der Waals surface area contributed by atoms with Crippen molar-refractivity contribution in [1.82, 2.24) is 0 Å². The Bertz CT molecular complexity index is 2650. The summed E-state index contributed by atoms with van der Waals surface area (Å²) in [5.41, 5.74) is 11.3. The number of aryl methyl sites for hydroxylation is 7. The van der Waals surface area contributed by atoms with Gasteiger partial charge in [0.05, 0.1) is 0 Å². The van der Waals surface area contributed by atoms with Crippen LogP contribution >= 0.6 is 0 Å². The van der Waals surface area contributed by atoms with E-state index in [1.165, 1.54) is 9.96 Å². The zero-order valence-corrected chi connectivity index (χ0v) is 40.5. The average Bonchev–Trinajstić information content (AvgIpc) is 3.17. The number of hydrogen-bond acceptors (Lipinski definition) is 0. The van der Waals surface area contributed by atoms with Gasteiger partial charge in [-0.1, -0.05) is 0 Å². The zero-order valence-electron chi connectivity index (χ0n) is 44.3. The van der Waals surface area contributed by atoms with Crippen molar-refractivity contribution in [1.29, 1.82) is 0 Å².